The summed E-state index contributed by atoms with van der Waals surface area (Å²) in [4.78, 5) is 29.2. The first-order chi connectivity index (χ1) is 9.54. The van der Waals surface area contributed by atoms with Crippen LogP contribution in [-0.4, -0.2) is 44.2 Å². The molecule has 2 amide bonds. The Labute approximate surface area is 125 Å². The Morgan fingerprint density at radius 3 is 2.95 bits per heavy atom. The minimum Gasteiger partial charge on any atom is -0.480 e. The van der Waals surface area contributed by atoms with Crippen LogP contribution in [0.5, 0.6) is 0 Å². The fourth-order valence-electron chi connectivity index (χ4n) is 2.11. The zero-order chi connectivity index (χ0) is 14.7. The molecule has 20 heavy (non-hydrogen) atoms. The minimum absolute atomic E-state index is 0.134. The van der Waals surface area contributed by atoms with Crippen molar-refractivity contribution >= 4 is 35.1 Å². The SMILES string of the molecule is CCC(NC(=O)N1C(C)SCC1C(=O)O)c1nccs1. The summed E-state index contributed by atoms with van der Waals surface area (Å²) in [6.45, 7) is 3.81. The van der Waals surface area contributed by atoms with E-state index in [1.54, 1.807) is 6.20 Å². The third-order valence-corrected chi connectivity index (χ3v) is 5.30. The molecule has 1 aromatic heterocycles. The maximum Gasteiger partial charge on any atom is 0.327 e. The first-order valence-electron chi connectivity index (χ1n) is 6.37. The van der Waals surface area contributed by atoms with Crippen molar-refractivity contribution in [3.63, 3.8) is 0 Å². The van der Waals surface area contributed by atoms with Gasteiger partial charge >= 0.3 is 12.0 Å². The minimum atomic E-state index is -0.959. The number of aliphatic carboxylic acids is 1. The summed E-state index contributed by atoms with van der Waals surface area (Å²) in [5, 5.41) is 14.6. The lowest BCUT2D eigenvalue weighted by molar-refractivity contribution is -0.141. The van der Waals surface area contributed by atoms with E-state index < -0.39 is 12.0 Å². The van der Waals surface area contributed by atoms with Gasteiger partial charge in [-0.05, 0) is 13.3 Å². The second kappa shape index (κ2) is 6.45. The number of thiazole rings is 1. The number of rotatable bonds is 4. The molecule has 0 spiro atoms. The molecule has 0 aliphatic carbocycles. The van der Waals surface area contributed by atoms with Crippen molar-refractivity contribution < 1.29 is 14.7 Å². The van der Waals surface area contributed by atoms with Crippen LogP contribution in [-0.2, 0) is 4.79 Å². The monoisotopic (exact) mass is 315 g/mol. The average Bonchev–Trinajstić information content (AvgIpc) is 3.04. The van der Waals surface area contributed by atoms with Crippen molar-refractivity contribution in [3.05, 3.63) is 16.6 Å². The quantitative estimate of drug-likeness (QED) is 0.889. The molecular weight excluding hydrogens is 298 g/mol. The highest BCUT2D eigenvalue weighted by Crippen LogP contribution is 2.29. The van der Waals surface area contributed by atoms with Gasteiger partial charge in [0, 0.05) is 17.3 Å². The first kappa shape index (κ1) is 15.1. The van der Waals surface area contributed by atoms with Gasteiger partial charge in [-0.25, -0.2) is 14.6 Å². The normalized spacial score (nSPS) is 23.6. The molecule has 110 valence electrons. The van der Waals surface area contributed by atoms with Gasteiger partial charge in [-0.15, -0.1) is 23.1 Å². The van der Waals surface area contributed by atoms with Crippen molar-refractivity contribution in [3.8, 4) is 0 Å². The molecular formula is C12H17N3O3S2. The van der Waals surface area contributed by atoms with E-state index in [0.29, 0.717) is 12.2 Å². The second-order valence-corrected chi connectivity index (χ2v) is 6.75. The Kier molecular flexibility index (Phi) is 4.87. The van der Waals surface area contributed by atoms with Crippen molar-refractivity contribution in [2.45, 2.75) is 37.7 Å². The highest BCUT2D eigenvalue weighted by molar-refractivity contribution is 8.00. The maximum absolute atomic E-state index is 12.4. The molecule has 0 radical (unpaired) electrons. The molecule has 8 heteroatoms. The lowest BCUT2D eigenvalue weighted by atomic mass is 10.2. The zero-order valence-corrected chi connectivity index (χ0v) is 12.9. The maximum atomic E-state index is 12.4. The zero-order valence-electron chi connectivity index (χ0n) is 11.3. The van der Waals surface area contributed by atoms with E-state index in [1.807, 2.05) is 19.2 Å². The van der Waals surface area contributed by atoms with Crippen molar-refractivity contribution in [1.29, 1.82) is 0 Å². The predicted octanol–water partition coefficient (Wildman–Crippen LogP) is 2.15. The highest BCUT2D eigenvalue weighted by Gasteiger charge is 2.40. The number of hydrogen-bond acceptors (Lipinski definition) is 5. The smallest absolute Gasteiger partial charge is 0.327 e. The van der Waals surface area contributed by atoms with Gasteiger partial charge in [0.2, 0.25) is 0 Å². The Hall–Kier alpha value is -1.28. The third-order valence-electron chi connectivity index (χ3n) is 3.20. The number of carbonyl (C=O) groups excluding carboxylic acids is 1. The number of carbonyl (C=O) groups is 2. The molecule has 1 aliphatic rings. The van der Waals surface area contributed by atoms with Crippen LogP contribution >= 0.6 is 23.1 Å². The molecule has 1 aliphatic heterocycles. The van der Waals surface area contributed by atoms with Crippen molar-refractivity contribution in [2.75, 3.05) is 5.75 Å². The summed E-state index contributed by atoms with van der Waals surface area (Å²) in [5.41, 5.74) is 0. The molecule has 2 heterocycles. The van der Waals surface area contributed by atoms with Gasteiger partial charge in [-0.3, -0.25) is 4.90 Å². The number of nitrogens with zero attached hydrogens (tertiary/aromatic N) is 2. The number of carboxylic acids is 1. The van der Waals surface area contributed by atoms with Gasteiger partial charge < -0.3 is 10.4 Å². The Morgan fingerprint density at radius 1 is 1.65 bits per heavy atom. The van der Waals surface area contributed by atoms with E-state index in [9.17, 15) is 14.7 Å². The van der Waals surface area contributed by atoms with Gasteiger partial charge in [0.15, 0.2) is 0 Å². The fraction of sp³-hybridized carbons (Fsp3) is 0.583. The van der Waals surface area contributed by atoms with E-state index in [2.05, 4.69) is 10.3 Å². The van der Waals surface area contributed by atoms with Crippen LogP contribution in [0, 0.1) is 0 Å². The summed E-state index contributed by atoms with van der Waals surface area (Å²) in [5.74, 6) is -0.530. The lowest BCUT2D eigenvalue weighted by Crippen LogP contribution is -2.50. The molecule has 0 aromatic carbocycles. The first-order valence-corrected chi connectivity index (χ1v) is 8.30. The number of carboxylic acid groups (broad SMARTS) is 1. The summed E-state index contributed by atoms with van der Waals surface area (Å²) in [6, 6.07) is -1.27. The van der Waals surface area contributed by atoms with Gasteiger partial charge in [-0.1, -0.05) is 6.92 Å². The van der Waals surface area contributed by atoms with Gasteiger partial charge in [0.25, 0.3) is 0 Å². The Balaban J connectivity index is 2.08. The molecule has 2 N–H and O–H groups in total. The Morgan fingerprint density at radius 2 is 2.40 bits per heavy atom. The van der Waals surface area contributed by atoms with Gasteiger partial charge in [0.05, 0.1) is 11.4 Å². The molecule has 2 rings (SSSR count). The van der Waals surface area contributed by atoms with Crippen LogP contribution in [0.15, 0.2) is 11.6 Å². The van der Waals surface area contributed by atoms with Crippen molar-refractivity contribution in [2.24, 2.45) is 0 Å². The molecule has 3 atom stereocenters. The summed E-state index contributed by atoms with van der Waals surface area (Å²) >= 11 is 2.96. The van der Waals surface area contributed by atoms with Crippen LogP contribution < -0.4 is 5.32 Å². The number of thioether (sulfide) groups is 1. The van der Waals surface area contributed by atoms with Crippen LogP contribution in [0.25, 0.3) is 0 Å². The third kappa shape index (κ3) is 3.06. The molecule has 0 bridgehead atoms. The van der Waals surface area contributed by atoms with Crippen LogP contribution in [0.4, 0.5) is 4.79 Å². The molecule has 1 saturated heterocycles. The van der Waals surface area contributed by atoms with E-state index in [-0.39, 0.29) is 17.4 Å². The van der Waals surface area contributed by atoms with E-state index in [4.69, 9.17) is 0 Å². The average molecular weight is 315 g/mol. The fourth-order valence-corrected chi connectivity index (χ4v) is 4.05. The number of hydrogen-bond donors (Lipinski definition) is 2. The lowest BCUT2D eigenvalue weighted by Gasteiger charge is -2.27. The molecule has 0 saturated carbocycles. The summed E-state index contributed by atoms with van der Waals surface area (Å²) in [7, 11) is 0. The van der Waals surface area contributed by atoms with Crippen LogP contribution in [0.3, 0.4) is 0 Å². The number of aromatic nitrogens is 1. The Bertz CT molecular complexity index is 480. The predicted molar refractivity (Wildman–Crippen MR) is 78.9 cm³/mol. The van der Waals surface area contributed by atoms with Crippen molar-refractivity contribution in [1.82, 2.24) is 15.2 Å². The molecule has 6 nitrogen and oxygen atoms in total. The van der Waals surface area contributed by atoms with Gasteiger partial charge in [0.1, 0.15) is 11.0 Å². The largest absolute Gasteiger partial charge is 0.480 e. The van der Waals surface area contributed by atoms with E-state index in [1.165, 1.54) is 28.0 Å². The van der Waals surface area contributed by atoms with E-state index in [0.717, 1.165) is 5.01 Å². The number of nitrogens with one attached hydrogen (secondary N) is 1. The summed E-state index contributed by atoms with van der Waals surface area (Å²) in [6.07, 6.45) is 2.41. The molecule has 3 unspecified atom stereocenters. The van der Waals surface area contributed by atoms with Crippen LogP contribution in [0.1, 0.15) is 31.3 Å². The number of urea groups is 1. The number of amides is 2. The molecule has 1 aromatic rings. The highest BCUT2D eigenvalue weighted by atomic mass is 32.2. The van der Waals surface area contributed by atoms with Crippen LogP contribution in [0.2, 0.25) is 0 Å². The topological polar surface area (TPSA) is 82.5 Å². The molecule has 1 fully saturated rings. The summed E-state index contributed by atoms with van der Waals surface area (Å²) < 4.78 is 0. The standard InChI is InChI=1S/C12H17N3O3S2/c1-3-8(10-13-4-5-19-10)14-12(18)15-7(2)20-6-9(15)11(16)17/h4-5,7-9H,3,6H2,1-2H3,(H,14,18)(H,16,17). The van der Waals surface area contributed by atoms with Gasteiger partial charge in [-0.2, -0.15) is 0 Å². The second-order valence-electron chi connectivity index (χ2n) is 4.47. The van der Waals surface area contributed by atoms with E-state index >= 15 is 0 Å².